The third-order valence-corrected chi connectivity index (χ3v) is 3.72. The number of hydrogen-bond donors (Lipinski definition) is 0. The molecular formula is C13H15NO. The summed E-state index contributed by atoms with van der Waals surface area (Å²) in [5, 5.41) is 0. The molecule has 15 heavy (non-hydrogen) atoms. The number of nitrogens with zero attached hydrogens (tertiary/aromatic N) is 1. The maximum atomic E-state index is 11.1. The molecule has 2 aliphatic heterocycles. The van der Waals surface area contributed by atoms with E-state index in [1.165, 1.54) is 24.1 Å². The molecule has 0 aliphatic carbocycles. The summed E-state index contributed by atoms with van der Waals surface area (Å²) in [5.41, 5.74) is 2.70. The Bertz CT molecular complexity index is 388. The molecule has 2 heterocycles. The van der Waals surface area contributed by atoms with Gasteiger partial charge in [0.05, 0.1) is 0 Å². The monoisotopic (exact) mass is 201 g/mol. The third-order valence-electron chi connectivity index (χ3n) is 3.72. The fourth-order valence-electron chi connectivity index (χ4n) is 3.03. The quantitative estimate of drug-likeness (QED) is 0.648. The van der Waals surface area contributed by atoms with E-state index in [1.54, 1.807) is 0 Å². The standard InChI is InChI=1S/C13H15NO/c15-9-11-8-10-4-1-2-5-12(10)14-7-3-6-13(11)14/h1-2,4-5,9,11,13H,3,6-8H2/t11-,13-/m0/s1. The summed E-state index contributed by atoms with van der Waals surface area (Å²) in [4.78, 5) is 13.5. The van der Waals surface area contributed by atoms with Gasteiger partial charge < -0.3 is 9.69 Å². The molecular weight excluding hydrogens is 186 g/mol. The summed E-state index contributed by atoms with van der Waals surface area (Å²) in [6.07, 6.45) is 4.49. The molecule has 0 radical (unpaired) electrons. The van der Waals surface area contributed by atoms with Crippen LogP contribution in [0.15, 0.2) is 24.3 Å². The van der Waals surface area contributed by atoms with Gasteiger partial charge in [0.1, 0.15) is 6.29 Å². The van der Waals surface area contributed by atoms with Gasteiger partial charge in [-0.2, -0.15) is 0 Å². The summed E-state index contributed by atoms with van der Waals surface area (Å²) < 4.78 is 0. The highest BCUT2D eigenvalue weighted by Crippen LogP contribution is 2.38. The van der Waals surface area contributed by atoms with Crippen molar-refractivity contribution in [3.8, 4) is 0 Å². The van der Waals surface area contributed by atoms with Crippen molar-refractivity contribution < 1.29 is 4.79 Å². The largest absolute Gasteiger partial charge is 0.368 e. The second-order valence-corrected chi connectivity index (χ2v) is 4.54. The average molecular weight is 201 g/mol. The van der Waals surface area contributed by atoms with Crippen LogP contribution in [0, 0.1) is 5.92 Å². The first-order valence-corrected chi connectivity index (χ1v) is 5.70. The molecule has 1 fully saturated rings. The highest BCUT2D eigenvalue weighted by Gasteiger charge is 2.36. The fourth-order valence-corrected chi connectivity index (χ4v) is 3.03. The van der Waals surface area contributed by atoms with Crippen LogP contribution in [0.4, 0.5) is 5.69 Å². The Morgan fingerprint density at radius 3 is 3.07 bits per heavy atom. The molecule has 1 saturated heterocycles. The summed E-state index contributed by atoms with van der Waals surface area (Å²) >= 11 is 0. The summed E-state index contributed by atoms with van der Waals surface area (Å²) in [7, 11) is 0. The van der Waals surface area contributed by atoms with Crippen molar-refractivity contribution in [2.75, 3.05) is 11.4 Å². The van der Waals surface area contributed by atoms with Gasteiger partial charge in [-0.3, -0.25) is 0 Å². The first-order chi connectivity index (χ1) is 7.40. The Balaban J connectivity index is 2.06. The van der Waals surface area contributed by atoms with Gasteiger partial charge in [-0.25, -0.2) is 0 Å². The van der Waals surface area contributed by atoms with Crippen LogP contribution in [0.3, 0.4) is 0 Å². The zero-order valence-corrected chi connectivity index (χ0v) is 8.73. The van der Waals surface area contributed by atoms with Gasteiger partial charge in [0.25, 0.3) is 0 Å². The average Bonchev–Trinajstić information content (AvgIpc) is 2.77. The fraction of sp³-hybridized carbons (Fsp3) is 0.462. The number of carbonyl (C=O) groups excluding carboxylic acids is 1. The number of fused-ring (bicyclic) bond motifs is 3. The van der Waals surface area contributed by atoms with Gasteiger partial charge in [-0.05, 0) is 30.9 Å². The topological polar surface area (TPSA) is 20.3 Å². The van der Waals surface area contributed by atoms with Gasteiger partial charge in [0.15, 0.2) is 0 Å². The highest BCUT2D eigenvalue weighted by molar-refractivity contribution is 5.65. The summed E-state index contributed by atoms with van der Waals surface area (Å²) in [6.45, 7) is 1.12. The number of anilines is 1. The molecule has 3 rings (SSSR count). The summed E-state index contributed by atoms with van der Waals surface area (Å²) in [6, 6.07) is 8.97. The van der Waals surface area contributed by atoms with E-state index in [0.29, 0.717) is 6.04 Å². The van der Waals surface area contributed by atoms with Crippen molar-refractivity contribution in [3.63, 3.8) is 0 Å². The lowest BCUT2D eigenvalue weighted by atomic mass is 9.87. The van der Waals surface area contributed by atoms with Gasteiger partial charge in [-0.15, -0.1) is 0 Å². The Kier molecular flexibility index (Phi) is 2.01. The van der Waals surface area contributed by atoms with E-state index in [9.17, 15) is 4.79 Å². The molecule has 2 nitrogen and oxygen atoms in total. The molecule has 0 aromatic heterocycles. The minimum atomic E-state index is 0.211. The van der Waals surface area contributed by atoms with Crippen molar-refractivity contribution in [3.05, 3.63) is 29.8 Å². The number of carbonyl (C=O) groups is 1. The SMILES string of the molecule is O=C[C@@H]1Cc2ccccc2N2CCC[C@@H]12. The molecule has 78 valence electrons. The molecule has 2 aliphatic rings. The normalized spacial score (nSPS) is 28.4. The number of benzene rings is 1. The van der Waals surface area contributed by atoms with E-state index in [1.807, 2.05) is 0 Å². The zero-order chi connectivity index (χ0) is 10.3. The Morgan fingerprint density at radius 2 is 2.20 bits per heavy atom. The smallest absolute Gasteiger partial charge is 0.125 e. The lowest BCUT2D eigenvalue weighted by molar-refractivity contribution is -0.111. The summed E-state index contributed by atoms with van der Waals surface area (Å²) in [5.74, 6) is 0.211. The van der Waals surface area contributed by atoms with E-state index in [-0.39, 0.29) is 5.92 Å². The van der Waals surface area contributed by atoms with E-state index in [4.69, 9.17) is 0 Å². The minimum Gasteiger partial charge on any atom is -0.368 e. The highest BCUT2D eigenvalue weighted by atomic mass is 16.1. The van der Waals surface area contributed by atoms with Crippen LogP contribution < -0.4 is 4.90 Å². The van der Waals surface area contributed by atoms with Crippen LogP contribution in [-0.4, -0.2) is 18.9 Å². The van der Waals surface area contributed by atoms with Gasteiger partial charge in [0, 0.05) is 24.2 Å². The minimum absolute atomic E-state index is 0.211. The molecule has 0 unspecified atom stereocenters. The molecule has 2 heteroatoms. The van der Waals surface area contributed by atoms with Gasteiger partial charge in [0.2, 0.25) is 0 Å². The van der Waals surface area contributed by atoms with Crippen LogP contribution in [0.25, 0.3) is 0 Å². The molecule has 0 amide bonds. The van der Waals surface area contributed by atoms with E-state index in [2.05, 4.69) is 29.2 Å². The van der Waals surface area contributed by atoms with Crippen LogP contribution in [0.5, 0.6) is 0 Å². The van der Waals surface area contributed by atoms with Gasteiger partial charge in [-0.1, -0.05) is 18.2 Å². The van der Waals surface area contributed by atoms with Crippen LogP contribution in [-0.2, 0) is 11.2 Å². The van der Waals surface area contributed by atoms with E-state index >= 15 is 0 Å². The first-order valence-electron chi connectivity index (χ1n) is 5.70. The van der Waals surface area contributed by atoms with Crippen molar-refractivity contribution in [1.29, 1.82) is 0 Å². The molecule has 0 spiro atoms. The lowest BCUT2D eigenvalue weighted by Gasteiger charge is -2.37. The van der Waals surface area contributed by atoms with E-state index in [0.717, 1.165) is 19.3 Å². The van der Waals surface area contributed by atoms with Gasteiger partial charge >= 0.3 is 0 Å². The number of aldehydes is 1. The molecule has 1 aromatic rings. The maximum absolute atomic E-state index is 11.1. The Morgan fingerprint density at radius 1 is 1.33 bits per heavy atom. The Hall–Kier alpha value is -1.31. The second-order valence-electron chi connectivity index (χ2n) is 4.54. The molecule has 1 aromatic carbocycles. The van der Waals surface area contributed by atoms with Crippen molar-refractivity contribution in [2.45, 2.75) is 25.3 Å². The zero-order valence-electron chi connectivity index (χ0n) is 8.73. The van der Waals surface area contributed by atoms with E-state index < -0.39 is 0 Å². The number of rotatable bonds is 1. The van der Waals surface area contributed by atoms with Crippen molar-refractivity contribution in [2.24, 2.45) is 5.92 Å². The number of hydrogen-bond acceptors (Lipinski definition) is 2. The predicted octanol–water partition coefficient (Wildman–Crippen LogP) is 2.03. The lowest BCUT2D eigenvalue weighted by Crippen LogP contribution is -2.41. The Labute approximate surface area is 89.9 Å². The maximum Gasteiger partial charge on any atom is 0.125 e. The first kappa shape index (κ1) is 8.96. The second kappa shape index (κ2) is 3.37. The van der Waals surface area contributed by atoms with Crippen LogP contribution in [0.2, 0.25) is 0 Å². The van der Waals surface area contributed by atoms with Crippen molar-refractivity contribution >= 4 is 12.0 Å². The predicted molar refractivity (Wildman–Crippen MR) is 60.1 cm³/mol. The van der Waals surface area contributed by atoms with Crippen LogP contribution >= 0.6 is 0 Å². The molecule has 0 saturated carbocycles. The molecule has 0 N–H and O–H groups in total. The number of para-hydroxylation sites is 1. The third kappa shape index (κ3) is 1.28. The van der Waals surface area contributed by atoms with Crippen LogP contribution in [0.1, 0.15) is 18.4 Å². The van der Waals surface area contributed by atoms with Crippen molar-refractivity contribution in [1.82, 2.24) is 0 Å². The molecule has 2 atom stereocenters. The molecule has 0 bridgehead atoms.